The Bertz CT molecular complexity index is 795. The largest absolute Gasteiger partial charge is 0.497 e. The minimum Gasteiger partial charge on any atom is -0.497 e. The molecule has 0 saturated heterocycles. The molecule has 3 N–H and O–H groups in total. The van der Waals surface area contributed by atoms with Gasteiger partial charge in [0.05, 0.1) is 7.11 Å². The van der Waals surface area contributed by atoms with Gasteiger partial charge in [-0.15, -0.1) is 0 Å². The van der Waals surface area contributed by atoms with Crippen LogP contribution in [0.2, 0.25) is 10.0 Å². The summed E-state index contributed by atoms with van der Waals surface area (Å²) in [6.07, 6.45) is 0. The number of carbonyl (C=O) groups is 1. The van der Waals surface area contributed by atoms with Gasteiger partial charge < -0.3 is 20.7 Å². The van der Waals surface area contributed by atoms with Crippen molar-refractivity contribution >= 4 is 35.1 Å². The van der Waals surface area contributed by atoms with E-state index >= 15 is 0 Å². The molecule has 27 heavy (non-hydrogen) atoms. The van der Waals surface area contributed by atoms with Crippen LogP contribution in [0, 0.1) is 0 Å². The summed E-state index contributed by atoms with van der Waals surface area (Å²) in [7, 11) is 3.26. The molecule has 0 aromatic heterocycles. The van der Waals surface area contributed by atoms with Gasteiger partial charge in [-0.1, -0.05) is 29.3 Å². The Morgan fingerprint density at radius 1 is 1.04 bits per heavy atom. The number of nitrogens with one attached hydrogen (secondary N) is 3. The normalized spacial score (nSPS) is 11.0. The molecule has 8 heteroatoms. The fourth-order valence-corrected chi connectivity index (χ4v) is 2.74. The minimum absolute atomic E-state index is 0.143. The number of guanidine groups is 1. The SMILES string of the molecule is CN=C(NCCNC(=O)c1ccc(OC)cc1)NCc1ccc(Cl)cc1Cl. The smallest absolute Gasteiger partial charge is 0.251 e. The van der Waals surface area contributed by atoms with E-state index in [0.29, 0.717) is 47.0 Å². The number of benzene rings is 2. The molecule has 0 fully saturated rings. The second-order valence-corrected chi connectivity index (χ2v) is 6.42. The van der Waals surface area contributed by atoms with E-state index in [-0.39, 0.29) is 5.91 Å². The summed E-state index contributed by atoms with van der Waals surface area (Å²) >= 11 is 12.0. The summed E-state index contributed by atoms with van der Waals surface area (Å²) in [5.41, 5.74) is 1.49. The predicted molar refractivity (Wildman–Crippen MR) is 110 cm³/mol. The number of aliphatic imine (C=N–C) groups is 1. The molecule has 6 nitrogen and oxygen atoms in total. The van der Waals surface area contributed by atoms with Crippen molar-refractivity contribution in [2.45, 2.75) is 6.54 Å². The van der Waals surface area contributed by atoms with Gasteiger partial charge in [0.1, 0.15) is 5.75 Å². The topological polar surface area (TPSA) is 74.8 Å². The van der Waals surface area contributed by atoms with Gasteiger partial charge in [-0.2, -0.15) is 0 Å². The van der Waals surface area contributed by atoms with Gasteiger partial charge in [0.2, 0.25) is 0 Å². The molecule has 0 heterocycles. The van der Waals surface area contributed by atoms with Crippen LogP contribution in [-0.2, 0) is 6.54 Å². The number of ether oxygens (including phenoxy) is 1. The molecule has 2 aromatic carbocycles. The van der Waals surface area contributed by atoms with Gasteiger partial charge in [0.15, 0.2) is 5.96 Å². The third-order valence-corrected chi connectivity index (χ3v) is 4.33. The summed E-state index contributed by atoms with van der Waals surface area (Å²) in [5, 5.41) is 10.3. The highest BCUT2D eigenvalue weighted by molar-refractivity contribution is 6.35. The molecule has 0 radical (unpaired) electrons. The molecule has 0 aliphatic rings. The lowest BCUT2D eigenvalue weighted by Crippen LogP contribution is -2.41. The molecular weight excluding hydrogens is 387 g/mol. The zero-order chi connectivity index (χ0) is 19.6. The molecule has 0 atom stereocenters. The molecule has 0 unspecified atom stereocenters. The summed E-state index contributed by atoms with van der Waals surface area (Å²) < 4.78 is 5.08. The Morgan fingerprint density at radius 2 is 1.74 bits per heavy atom. The molecule has 2 aromatic rings. The number of methoxy groups -OCH3 is 1. The van der Waals surface area contributed by atoms with Crippen molar-refractivity contribution in [3.63, 3.8) is 0 Å². The molecule has 144 valence electrons. The standard InChI is InChI=1S/C19H22Cl2N4O2/c1-22-19(25-12-14-3-6-15(20)11-17(14)21)24-10-9-23-18(26)13-4-7-16(27-2)8-5-13/h3-8,11H,9-10,12H2,1-2H3,(H,23,26)(H2,22,24,25). The van der Waals surface area contributed by atoms with Gasteiger partial charge in [-0.25, -0.2) is 0 Å². The second-order valence-electron chi connectivity index (χ2n) is 5.57. The van der Waals surface area contributed by atoms with Gasteiger partial charge in [-0.3, -0.25) is 9.79 Å². The zero-order valence-electron chi connectivity index (χ0n) is 15.2. The first-order chi connectivity index (χ1) is 13.0. The Morgan fingerprint density at radius 3 is 2.37 bits per heavy atom. The van der Waals surface area contributed by atoms with Crippen LogP contribution in [0.5, 0.6) is 5.75 Å². The van der Waals surface area contributed by atoms with Crippen molar-refractivity contribution in [3.8, 4) is 5.75 Å². The molecular formula is C19H22Cl2N4O2. The fourth-order valence-electron chi connectivity index (χ4n) is 2.27. The molecule has 0 spiro atoms. The van der Waals surface area contributed by atoms with Crippen molar-refractivity contribution in [2.75, 3.05) is 27.2 Å². The second kappa shape index (κ2) is 10.6. The Labute approximate surface area is 168 Å². The van der Waals surface area contributed by atoms with E-state index in [9.17, 15) is 4.79 Å². The lowest BCUT2D eigenvalue weighted by molar-refractivity contribution is 0.0954. The average Bonchev–Trinajstić information content (AvgIpc) is 2.68. The van der Waals surface area contributed by atoms with E-state index in [4.69, 9.17) is 27.9 Å². The molecule has 0 bridgehead atoms. The highest BCUT2D eigenvalue weighted by Crippen LogP contribution is 2.20. The van der Waals surface area contributed by atoms with E-state index in [1.165, 1.54) is 0 Å². The van der Waals surface area contributed by atoms with Gasteiger partial charge in [0.25, 0.3) is 5.91 Å². The fraction of sp³-hybridized carbons (Fsp3) is 0.263. The van der Waals surface area contributed by atoms with Crippen molar-refractivity contribution in [3.05, 3.63) is 63.6 Å². The maximum atomic E-state index is 12.1. The lowest BCUT2D eigenvalue weighted by atomic mass is 10.2. The summed E-state index contributed by atoms with van der Waals surface area (Å²) in [6.45, 7) is 1.48. The van der Waals surface area contributed by atoms with Crippen LogP contribution >= 0.6 is 23.2 Å². The average molecular weight is 409 g/mol. The van der Waals surface area contributed by atoms with Crippen LogP contribution in [0.4, 0.5) is 0 Å². The number of nitrogens with zero attached hydrogens (tertiary/aromatic N) is 1. The molecule has 2 rings (SSSR count). The van der Waals surface area contributed by atoms with Crippen molar-refractivity contribution < 1.29 is 9.53 Å². The molecule has 0 aliphatic heterocycles. The molecule has 0 aliphatic carbocycles. The van der Waals surface area contributed by atoms with Crippen molar-refractivity contribution in [1.82, 2.24) is 16.0 Å². The number of hydrogen-bond acceptors (Lipinski definition) is 3. The number of amides is 1. The minimum atomic E-state index is -0.143. The summed E-state index contributed by atoms with van der Waals surface area (Å²) in [5.74, 6) is 1.18. The quantitative estimate of drug-likeness (QED) is 0.373. The summed E-state index contributed by atoms with van der Waals surface area (Å²) in [4.78, 5) is 16.2. The van der Waals surface area contributed by atoms with E-state index in [2.05, 4.69) is 20.9 Å². The maximum absolute atomic E-state index is 12.1. The van der Waals surface area contributed by atoms with Crippen LogP contribution in [-0.4, -0.2) is 39.1 Å². The first-order valence-electron chi connectivity index (χ1n) is 8.34. The number of carbonyl (C=O) groups excluding carboxylic acids is 1. The number of rotatable bonds is 7. The van der Waals surface area contributed by atoms with Gasteiger partial charge in [-0.05, 0) is 42.0 Å². The lowest BCUT2D eigenvalue weighted by Gasteiger charge is -2.13. The highest BCUT2D eigenvalue weighted by atomic mass is 35.5. The van der Waals surface area contributed by atoms with Crippen LogP contribution in [0.1, 0.15) is 15.9 Å². The third-order valence-electron chi connectivity index (χ3n) is 3.74. The van der Waals surface area contributed by atoms with Crippen molar-refractivity contribution in [1.29, 1.82) is 0 Å². The number of halogens is 2. The third kappa shape index (κ3) is 6.66. The maximum Gasteiger partial charge on any atom is 0.251 e. The highest BCUT2D eigenvalue weighted by Gasteiger charge is 2.06. The monoisotopic (exact) mass is 408 g/mol. The molecule has 0 saturated carbocycles. The van der Waals surface area contributed by atoms with Crippen LogP contribution in [0.15, 0.2) is 47.5 Å². The summed E-state index contributed by atoms with van der Waals surface area (Å²) in [6, 6.07) is 12.3. The van der Waals surface area contributed by atoms with Crippen molar-refractivity contribution in [2.24, 2.45) is 4.99 Å². The van der Waals surface area contributed by atoms with Gasteiger partial charge in [0, 0.05) is 42.3 Å². The predicted octanol–water partition coefficient (Wildman–Crippen LogP) is 3.10. The first-order valence-corrected chi connectivity index (χ1v) is 9.09. The first kappa shape index (κ1) is 20.9. The van der Waals surface area contributed by atoms with E-state index in [1.807, 2.05) is 6.07 Å². The van der Waals surface area contributed by atoms with E-state index < -0.39 is 0 Å². The van der Waals surface area contributed by atoms with Crippen LogP contribution < -0.4 is 20.7 Å². The van der Waals surface area contributed by atoms with Crippen LogP contribution in [0.3, 0.4) is 0 Å². The van der Waals surface area contributed by atoms with E-state index in [1.54, 1.807) is 50.6 Å². The van der Waals surface area contributed by atoms with Crippen LogP contribution in [0.25, 0.3) is 0 Å². The Kier molecular flexibility index (Phi) is 8.23. The Balaban J connectivity index is 1.73. The van der Waals surface area contributed by atoms with Gasteiger partial charge >= 0.3 is 0 Å². The number of hydrogen-bond donors (Lipinski definition) is 3. The van der Waals surface area contributed by atoms with E-state index in [0.717, 1.165) is 5.56 Å². The zero-order valence-corrected chi connectivity index (χ0v) is 16.7. The Hall–Kier alpha value is -2.44. The molecule has 1 amide bonds.